The SMILES string of the molecule is CNCCOCCOc1cc(CO)cc(COP(=O)(O)OC)c1. The van der Waals surface area contributed by atoms with Crippen molar-refractivity contribution in [2.75, 3.05) is 40.5 Å². The number of hydrogen-bond acceptors (Lipinski definition) is 7. The first-order chi connectivity index (χ1) is 11.0. The highest BCUT2D eigenvalue weighted by Crippen LogP contribution is 2.43. The molecule has 0 heterocycles. The van der Waals surface area contributed by atoms with Crippen molar-refractivity contribution in [3.63, 3.8) is 0 Å². The number of phosphoric acid groups is 1. The number of ether oxygens (including phenoxy) is 2. The quantitative estimate of drug-likeness (QED) is 0.380. The van der Waals surface area contributed by atoms with Gasteiger partial charge in [0.05, 0.1) is 26.4 Å². The van der Waals surface area contributed by atoms with Gasteiger partial charge in [0.25, 0.3) is 0 Å². The van der Waals surface area contributed by atoms with Crippen molar-refractivity contribution in [2.24, 2.45) is 0 Å². The van der Waals surface area contributed by atoms with E-state index in [1.54, 1.807) is 18.2 Å². The standard InChI is InChI=1S/C14H24NO7P/c1-15-3-4-20-5-6-21-14-8-12(10-16)7-13(9-14)11-22-23(17,18)19-2/h7-9,15-16H,3-6,10-11H2,1-2H3,(H,17,18). The zero-order valence-corrected chi connectivity index (χ0v) is 14.3. The van der Waals surface area contributed by atoms with Crippen molar-refractivity contribution in [3.8, 4) is 5.75 Å². The summed E-state index contributed by atoms with van der Waals surface area (Å²) in [5, 5.41) is 12.2. The van der Waals surface area contributed by atoms with Gasteiger partial charge in [0.15, 0.2) is 0 Å². The maximum Gasteiger partial charge on any atom is 0.472 e. The van der Waals surface area contributed by atoms with Crippen LogP contribution in [-0.4, -0.2) is 50.5 Å². The van der Waals surface area contributed by atoms with Gasteiger partial charge in [0.2, 0.25) is 0 Å². The number of nitrogens with one attached hydrogen (secondary N) is 1. The van der Waals surface area contributed by atoms with Crippen LogP contribution in [0.5, 0.6) is 5.75 Å². The maximum atomic E-state index is 11.3. The summed E-state index contributed by atoms with van der Waals surface area (Å²) in [4.78, 5) is 9.23. The van der Waals surface area contributed by atoms with Gasteiger partial charge in [-0.05, 0) is 30.3 Å². The van der Waals surface area contributed by atoms with Crippen molar-refractivity contribution >= 4 is 7.82 Å². The lowest BCUT2D eigenvalue weighted by atomic mass is 10.1. The first-order valence-corrected chi connectivity index (χ1v) is 8.62. The summed E-state index contributed by atoms with van der Waals surface area (Å²) in [5.74, 6) is 0.526. The number of aliphatic hydroxyl groups is 1. The number of likely N-dealkylation sites (N-methyl/N-ethyl adjacent to an activating group) is 1. The Labute approximate surface area is 135 Å². The molecule has 9 heteroatoms. The van der Waals surface area contributed by atoms with Gasteiger partial charge in [0.1, 0.15) is 12.4 Å². The Morgan fingerprint density at radius 3 is 2.57 bits per heavy atom. The Kier molecular flexibility index (Phi) is 9.35. The molecule has 1 unspecified atom stereocenters. The Hall–Kier alpha value is -0.990. The lowest BCUT2D eigenvalue weighted by molar-refractivity contribution is 0.102. The molecule has 0 spiro atoms. The second-order valence-electron chi connectivity index (χ2n) is 4.63. The summed E-state index contributed by atoms with van der Waals surface area (Å²) in [6.45, 7) is 1.84. The minimum absolute atomic E-state index is 0.134. The highest BCUT2D eigenvalue weighted by molar-refractivity contribution is 7.47. The Morgan fingerprint density at radius 2 is 1.91 bits per heavy atom. The molecular weight excluding hydrogens is 325 g/mol. The monoisotopic (exact) mass is 349 g/mol. The number of aliphatic hydroxyl groups excluding tert-OH is 1. The average molecular weight is 349 g/mol. The molecule has 0 bridgehead atoms. The van der Waals surface area contributed by atoms with Crippen LogP contribution in [0.4, 0.5) is 0 Å². The molecule has 0 fully saturated rings. The summed E-state index contributed by atoms with van der Waals surface area (Å²) in [6.07, 6.45) is 0. The number of benzene rings is 1. The molecule has 1 rings (SSSR count). The molecule has 0 radical (unpaired) electrons. The molecule has 0 aliphatic carbocycles. The fourth-order valence-corrected chi connectivity index (χ4v) is 2.11. The van der Waals surface area contributed by atoms with Crippen LogP contribution in [0.1, 0.15) is 11.1 Å². The van der Waals surface area contributed by atoms with Crippen LogP contribution in [0.25, 0.3) is 0 Å². The van der Waals surface area contributed by atoms with E-state index < -0.39 is 7.82 Å². The Morgan fingerprint density at radius 1 is 1.17 bits per heavy atom. The maximum absolute atomic E-state index is 11.3. The molecule has 1 atom stereocenters. The van der Waals surface area contributed by atoms with E-state index in [1.807, 2.05) is 7.05 Å². The molecule has 0 aromatic heterocycles. The third-order valence-electron chi connectivity index (χ3n) is 2.83. The van der Waals surface area contributed by atoms with Gasteiger partial charge in [-0.15, -0.1) is 0 Å². The summed E-state index contributed by atoms with van der Waals surface area (Å²) in [5.41, 5.74) is 1.20. The molecule has 0 aliphatic heterocycles. The van der Waals surface area contributed by atoms with Gasteiger partial charge < -0.3 is 24.8 Å². The van der Waals surface area contributed by atoms with Gasteiger partial charge in [0, 0.05) is 13.7 Å². The Balaban J connectivity index is 2.55. The van der Waals surface area contributed by atoms with Crippen LogP contribution < -0.4 is 10.1 Å². The molecule has 8 nitrogen and oxygen atoms in total. The number of rotatable bonds is 12. The van der Waals surface area contributed by atoms with Gasteiger partial charge in [-0.2, -0.15) is 0 Å². The third kappa shape index (κ3) is 8.43. The van der Waals surface area contributed by atoms with E-state index in [0.29, 0.717) is 36.7 Å². The van der Waals surface area contributed by atoms with Crippen molar-refractivity contribution in [3.05, 3.63) is 29.3 Å². The summed E-state index contributed by atoms with van der Waals surface area (Å²) < 4.78 is 31.3. The van der Waals surface area contributed by atoms with Crippen LogP contribution in [0, 0.1) is 0 Å². The topological polar surface area (TPSA) is 106 Å². The average Bonchev–Trinajstić information content (AvgIpc) is 2.56. The minimum Gasteiger partial charge on any atom is -0.491 e. The molecule has 0 saturated carbocycles. The second-order valence-corrected chi connectivity index (χ2v) is 6.19. The van der Waals surface area contributed by atoms with Gasteiger partial charge in [-0.1, -0.05) is 6.07 Å². The summed E-state index contributed by atoms with van der Waals surface area (Å²) in [6, 6.07) is 5.01. The first kappa shape index (κ1) is 20.1. The van der Waals surface area contributed by atoms with Crippen LogP contribution >= 0.6 is 7.82 Å². The molecule has 3 N–H and O–H groups in total. The van der Waals surface area contributed by atoms with Crippen molar-refractivity contribution in [2.45, 2.75) is 13.2 Å². The van der Waals surface area contributed by atoms with Gasteiger partial charge in [-0.25, -0.2) is 4.57 Å². The fraction of sp³-hybridized carbons (Fsp3) is 0.571. The van der Waals surface area contributed by atoms with E-state index in [-0.39, 0.29) is 13.2 Å². The third-order valence-corrected chi connectivity index (χ3v) is 3.74. The normalized spacial score (nSPS) is 13.7. The van der Waals surface area contributed by atoms with Crippen LogP contribution in [0.15, 0.2) is 18.2 Å². The predicted octanol–water partition coefficient (Wildman–Crippen LogP) is 1.06. The first-order valence-electron chi connectivity index (χ1n) is 7.12. The molecular formula is C14H24NO7P. The highest BCUT2D eigenvalue weighted by atomic mass is 31.2. The largest absolute Gasteiger partial charge is 0.491 e. The molecule has 0 amide bonds. The van der Waals surface area contributed by atoms with Gasteiger partial charge >= 0.3 is 7.82 Å². The highest BCUT2D eigenvalue weighted by Gasteiger charge is 2.18. The fourth-order valence-electron chi connectivity index (χ4n) is 1.69. The smallest absolute Gasteiger partial charge is 0.472 e. The predicted molar refractivity (Wildman–Crippen MR) is 84.2 cm³/mol. The molecule has 1 aromatic rings. The van der Waals surface area contributed by atoms with E-state index in [9.17, 15) is 14.6 Å². The number of phosphoric ester groups is 1. The molecule has 23 heavy (non-hydrogen) atoms. The van der Waals surface area contributed by atoms with Gasteiger partial charge in [-0.3, -0.25) is 9.05 Å². The number of hydrogen-bond donors (Lipinski definition) is 3. The minimum atomic E-state index is -4.04. The van der Waals surface area contributed by atoms with E-state index in [0.717, 1.165) is 13.7 Å². The second kappa shape index (κ2) is 10.7. The van der Waals surface area contributed by atoms with Crippen molar-refractivity contribution < 1.29 is 33.1 Å². The summed E-state index contributed by atoms with van der Waals surface area (Å²) >= 11 is 0. The van der Waals surface area contributed by atoms with E-state index in [2.05, 4.69) is 9.84 Å². The van der Waals surface area contributed by atoms with E-state index >= 15 is 0 Å². The van der Waals surface area contributed by atoms with E-state index in [1.165, 1.54) is 0 Å². The van der Waals surface area contributed by atoms with E-state index in [4.69, 9.17) is 14.0 Å². The van der Waals surface area contributed by atoms with Crippen LogP contribution in [-0.2, 0) is 31.6 Å². The van der Waals surface area contributed by atoms with Crippen molar-refractivity contribution in [1.82, 2.24) is 5.32 Å². The molecule has 0 saturated heterocycles. The lowest BCUT2D eigenvalue weighted by Crippen LogP contribution is -2.16. The summed E-state index contributed by atoms with van der Waals surface area (Å²) in [7, 11) is -1.11. The zero-order valence-electron chi connectivity index (χ0n) is 13.4. The van der Waals surface area contributed by atoms with Crippen LogP contribution in [0.2, 0.25) is 0 Å². The molecule has 1 aromatic carbocycles. The molecule has 132 valence electrons. The Bertz CT molecular complexity index is 512. The molecule has 0 aliphatic rings. The van der Waals surface area contributed by atoms with Crippen molar-refractivity contribution in [1.29, 1.82) is 0 Å². The van der Waals surface area contributed by atoms with Crippen LogP contribution in [0.3, 0.4) is 0 Å². The lowest BCUT2D eigenvalue weighted by Gasteiger charge is -2.12. The zero-order chi connectivity index (χ0) is 17.1.